The van der Waals surface area contributed by atoms with E-state index in [0.29, 0.717) is 46.8 Å². The van der Waals surface area contributed by atoms with Gasteiger partial charge in [-0.15, -0.1) is 11.3 Å². The molecular formula is C27H29N5O5S2. The van der Waals surface area contributed by atoms with Crippen LogP contribution in [0.2, 0.25) is 0 Å². The molecule has 1 aliphatic rings. The molecule has 0 bridgehead atoms. The van der Waals surface area contributed by atoms with Crippen molar-refractivity contribution in [3.05, 3.63) is 65.2 Å². The van der Waals surface area contributed by atoms with Crippen molar-refractivity contribution >= 4 is 33.1 Å². The van der Waals surface area contributed by atoms with Crippen molar-refractivity contribution in [1.29, 1.82) is 0 Å². The molecule has 0 spiro atoms. The summed E-state index contributed by atoms with van der Waals surface area (Å²) in [4.78, 5) is 18.0. The van der Waals surface area contributed by atoms with E-state index in [1.54, 1.807) is 25.0 Å². The molecule has 2 aromatic carbocycles. The standard InChI is InChI=1S/C27H29N5O5S2/c1-18-15-25(29-26(33)19-7-10-21(11-8-19)39(34,35)31-13-5-4-6-14-31)32(30-18)27-28-22(17-38-27)20-9-12-23(36-2)24(16-20)37-3/h7-12,15-17H,4-6,13-14H2,1-3H3,(H,29,33). The number of aryl methyl sites for hydroxylation is 1. The van der Waals surface area contributed by atoms with Gasteiger partial charge in [-0.2, -0.15) is 14.1 Å². The second kappa shape index (κ2) is 11.2. The van der Waals surface area contributed by atoms with Gasteiger partial charge >= 0.3 is 0 Å². The highest BCUT2D eigenvalue weighted by Gasteiger charge is 2.26. The molecule has 1 fully saturated rings. The quantitative estimate of drug-likeness (QED) is 0.327. The normalized spacial score (nSPS) is 14.2. The molecule has 1 N–H and O–H groups in total. The number of ether oxygens (including phenoxy) is 2. The Labute approximate surface area is 231 Å². The molecule has 12 heteroatoms. The van der Waals surface area contributed by atoms with Crippen LogP contribution in [0.3, 0.4) is 0 Å². The van der Waals surface area contributed by atoms with Crippen molar-refractivity contribution in [3.8, 4) is 27.9 Å². The van der Waals surface area contributed by atoms with Crippen LogP contribution in [0.25, 0.3) is 16.4 Å². The number of anilines is 1. The summed E-state index contributed by atoms with van der Waals surface area (Å²) < 4.78 is 39.7. The Bertz CT molecular complexity index is 1590. The molecule has 39 heavy (non-hydrogen) atoms. The fourth-order valence-electron chi connectivity index (χ4n) is 4.45. The van der Waals surface area contributed by atoms with Crippen molar-refractivity contribution in [1.82, 2.24) is 19.1 Å². The van der Waals surface area contributed by atoms with Crippen LogP contribution in [0, 0.1) is 6.92 Å². The van der Waals surface area contributed by atoms with Crippen molar-refractivity contribution in [3.63, 3.8) is 0 Å². The molecule has 2 aromatic heterocycles. The molecule has 10 nitrogen and oxygen atoms in total. The van der Waals surface area contributed by atoms with Gasteiger partial charge in [0.05, 0.1) is 30.5 Å². The number of rotatable bonds is 8. The number of benzene rings is 2. The fraction of sp³-hybridized carbons (Fsp3) is 0.296. The highest BCUT2D eigenvalue weighted by Crippen LogP contribution is 2.33. The molecule has 5 rings (SSSR count). The second-order valence-electron chi connectivity index (χ2n) is 9.11. The van der Waals surface area contributed by atoms with Gasteiger partial charge < -0.3 is 14.8 Å². The fourth-order valence-corrected chi connectivity index (χ4v) is 6.76. The number of carbonyl (C=O) groups is 1. The number of thiazole rings is 1. The number of aromatic nitrogens is 3. The number of sulfonamides is 1. The zero-order valence-corrected chi connectivity index (χ0v) is 23.5. The summed E-state index contributed by atoms with van der Waals surface area (Å²) >= 11 is 1.38. The summed E-state index contributed by atoms with van der Waals surface area (Å²) in [5, 5.41) is 9.87. The summed E-state index contributed by atoms with van der Waals surface area (Å²) in [7, 11) is -0.402. The molecule has 1 saturated heterocycles. The molecule has 1 amide bonds. The van der Waals surface area contributed by atoms with Gasteiger partial charge in [-0.1, -0.05) is 6.42 Å². The van der Waals surface area contributed by atoms with Gasteiger partial charge in [-0.05, 0) is 62.2 Å². The van der Waals surface area contributed by atoms with Crippen LogP contribution in [-0.2, 0) is 10.0 Å². The van der Waals surface area contributed by atoms with Crippen LogP contribution in [0.4, 0.5) is 5.82 Å². The van der Waals surface area contributed by atoms with E-state index in [0.717, 1.165) is 30.5 Å². The molecular weight excluding hydrogens is 538 g/mol. The van der Waals surface area contributed by atoms with E-state index in [2.05, 4.69) is 10.4 Å². The van der Waals surface area contributed by atoms with E-state index in [1.165, 1.54) is 39.9 Å². The Hall–Kier alpha value is -3.74. The minimum atomic E-state index is -3.57. The van der Waals surface area contributed by atoms with Crippen molar-refractivity contribution in [2.45, 2.75) is 31.1 Å². The molecule has 0 radical (unpaired) electrons. The van der Waals surface area contributed by atoms with Crippen molar-refractivity contribution in [2.75, 3.05) is 32.6 Å². The van der Waals surface area contributed by atoms with Gasteiger partial charge in [0.1, 0.15) is 5.82 Å². The van der Waals surface area contributed by atoms with E-state index in [-0.39, 0.29) is 10.8 Å². The first kappa shape index (κ1) is 26.9. The topological polar surface area (TPSA) is 116 Å². The van der Waals surface area contributed by atoms with Gasteiger partial charge in [-0.25, -0.2) is 13.4 Å². The predicted octanol–water partition coefficient (Wildman–Crippen LogP) is 4.75. The van der Waals surface area contributed by atoms with Crippen LogP contribution in [0.5, 0.6) is 11.5 Å². The van der Waals surface area contributed by atoms with Crippen LogP contribution in [0.15, 0.2) is 58.8 Å². The van der Waals surface area contributed by atoms with Crippen LogP contribution in [0.1, 0.15) is 35.3 Å². The molecule has 0 saturated carbocycles. The smallest absolute Gasteiger partial charge is 0.256 e. The number of nitrogens with zero attached hydrogens (tertiary/aromatic N) is 4. The Morgan fingerprint density at radius 1 is 0.974 bits per heavy atom. The van der Waals surface area contributed by atoms with Crippen LogP contribution in [-0.4, -0.2) is 60.7 Å². The summed E-state index contributed by atoms with van der Waals surface area (Å²) in [6, 6.07) is 13.3. The summed E-state index contributed by atoms with van der Waals surface area (Å²) in [6.07, 6.45) is 2.77. The Morgan fingerprint density at radius 2 is 1.69 bits per heavy atom. The monoisotopic (exact) mass is 567 g/mol. The number of nitrogens with one attached hydrogen (secondary N) is 1. The maximum atomic E-state index is 13.1. The summed E-state index contributed by atoms with van der Waals surface area (Å²) in [6.45, 7) is 2.88. The number of methoxy groups -OCH3 is 2. The van der Waals surface area contributed by atoms with Crippen molar-refractivity contribution < 1.29 is 22.7 Å². The molecule has 3 heterocycles. The number of carbonyl (C=O) groups excluding carboxylic acids is 1. The van der Waals surface area contributed by atoms with E-state index in [4.69, 9.17) is 14.5 Å². The lowest BCUT2D eigenvalue weighted by Crippen LogP contribution is -2.35. The van der Waals surface area contributed by atoms with E-state index in [9.17, 15) is 13.2 Å². The number of hydrogen-bond donors (Lipinski definition) is 1. The maximum absolute atomic E-state index is 13.1. The first-order valence-corrected chi connectivity index (χ1v) is 14.8. The molecule has 0 atom stereocenters. The Morgan fingerprint density at radius 3 is 2.38 bits per heavy atom. The highest BCUT2D eigenvalue weighted by molar-refractivity contribution is 7.89. The second-order valence-corrected chi connectivity index (χ2v) is 11.9. The van der Waals surface area contributed by atoms with Gasteiger partial charge in [0, 0.05) is 35.7 Å². The lowest BCUT2D eigenvalue weighted by Gasteiger charge is -2.25. The number of hydrogen-bond acceptors (Lipinski definition) is 8. The zero-order chi connectivity index (χ0) is 27.6. The lowest BCUT2D eigenvalue weighted by molar-refractivity contribution is 0.102. The van der Waals surface area contributed by atoms with Gasteiger partial charge in [-0.3, -0.25) is 4.79 Å². The van der Waals surface area contributed by atoms with E-state index in [1.807, 2.05) is 30.5 Å². The number of amides is 1. The average Bonchev–Trinajstić information content (AvgIpc) is 3.59. The third-order valence-electron chi connectivity index (χ3n) is 6.49. The predicted molar refractivity (Wildman–Crippen MR) is 150 cm³/mol. The minimum Gasteiger partial charge on any atom is -0.493 e. The largest absolute Gasteiger partial charge is 0.493 e. The molecule has 204 valence electrons. The summed E-state index contributed by atoms with van der Waals surface area (Å²) in [5.41, 5.74) is 2.62. The van der Waals surface area contributed by atoms with E-state index >= 15 is 0 Å². The first-order valence-electron chi connectivity index (χ1n) is 12.5. The molecule has 0 aliphatic carbocycles. The first-order chi connectivity index (χ1) is 18.8. The molecule has 1 aliphatic heterocycles. The third kappa shape index (κ3) is 5.54. The zero-order valence-electron chi connectivity index (χ0n) is 21.9. The maximum Gasteiger partial charge on any atom is 0.256 e. The minimum absolute atomic E-state index is 0.187. The lowest BCUT2D eigenvalue weighted by atomic mass is 10.1. The van der Waals surface area contributed by atoms with Gasteiger partial charge in [0.25, 0.3) is 5.91 Å². The average molecular weight is 568 g/mol. The third-order valence-corrected chi connectivity index (χ3v) is 9.22. The summed E-state index contributed by atoms with van der Waals surface area (Å²) in [5.74, 6) is 1.30. The molecule has 4 aromatic rings. The Kier molecular flexibility index (Phi) is 7.69. The van der Waals surface area contributed by atoms with E-state index < -0.39 is 10.0 Å². The SMILES string of the molecule is COc1ccc(-c2csc(-n3nc(C)cc3NC(=O)c3ccc(S(=O)(=O)N4CCCCC4)cc3)n2)cc1OC. The highest BCUT2D eigenvalue weighted by atomic mass is 32.2. The Balaban J connectivity index is 1.35. The number of piperidine rings is 1. The van der Waals surface area contributed by atoms with Gasteiger partial charge in [0.15, 0.2) is 11.5 Å². The van der Waals surface area contributed by atoms with Gasteiger partial charge in [0.2, 0.25) is 15.2 Å². The van der Waals surface area contributed by atoms with Crippen LogP contribution < -0.4 is 14.8 Å². The molecule has 0 unspecified atom stereocenters. The van der Waals surface area contributed by atoms with Crippen molar-refractivity contribution in [2.24, 2.45) is 0 Å². The van der Waals surface area contributed by atoms with Crippen LogP contribution >= 0.6 is 11.3 Å².